The van der Waals surface area contributed by atoms with Crippen molar-refractivity contribution in [1.29, 1.82) is 0 Å². The molecule has 0 atom stereocenters. The molecule has 0 aliphatic carbocycles. The van der Waals surface area contributed by atoms with Gasteiger partial charge in [0.15, 0.2) is 0 Å². The van der Waals surface area contributed by atoms with Crippen LogP contribution in [-0.2, 0) is 0 Å². The molecule has 0 fully saturated rings. The summed E-state index contributed by atoms with van der Waals surface area (Å²) in [5.74, 6) is 0. The second kappa shape index (κ2) is 3.48. The summed E-state index contributed by atoms with van der Waals surface area (Å²) in [6.07, 6.45) is 0. The van der Waals surface area contributed by atoms with Crippen molar-refractivity contribution in [2.24, 2.45) is 0 Å². The van der Waals surface area contributed by atoms with Crippen LogP contribution in [0, 0.1) is 6.92 Å². The van der Waals surface area contributed by atoms with Gasteiger partial charge in [0.1, 0.15) is 0 Å². The largest absolute Gasteiger partial charge is 0.242 e. The summed E-state index contributed by atoms with van der Waals surface area (Å²) >= 11 is 7.53. The Hall–Kier alpha value is -0.860. The van der Waals surface area contributed by atoms with Gasteiger partial charge in [-0.15, -0.1) is 11.3 Å². The molecule has 2 rings (SSSR count). The van der Waals surface area contributed by atoms with Crippen LogP contribution in [0.3, 0.4) is 0 Å². The minimum atomic E-state index is 0.753. The zero-order valence-electron chi connectivity index (χ0n) is 7.12. The molecule has 0 amide bonds. The van der Waals surface area contributed by atoms with Crippen molar-refractivity contribution in [2.75, 3.05) is 0 Å². The number of halogens is 1. The molecule has 0 unspecified atom stereocenters. The highest BCUT2D eigenvalue weighted by molar-refractivity contribution is 7.09. The Kier molecular flexibility index (Phi) is 2.34. The number of benzene rings is 1. The monoisotopic (exact) mass is 209 g/mol. The van der Waals surface area contributed by atoms with Gasteiger partial charge in [0.05, 0.1) is 10.7 Å². The number of rotatable bonds is 1. The van der Waals surface area contributed by atoms with E-state index in [2.05, 4.69) is 4.98 Å². The fraction of sp³-hybridized carbons (Fsp3) is 0.100. The van der Waals surface area contributed by atoms with E-state index in [4.69, 9.17) is 11.6 Å². The Morgan fingerprint density at radius 3 is 2.85 bits per heavy atom. The standard InChI is InChI=1S/C10H8ClNS/c1-7-12-10(6-13-7)8-3-2-4-9(11)5-8/h2-6H,1H3. The lowest BCUT2D eigenvalue weighted by molar-refractivity contribution is 1.30. The van der Waals surface area contributed by atoms with Gasteiger partial charge >= 0.3 is 0 Å². The summed E-state index contributed by atoms with van der Waals surface area (Å²) in [6, 6.07) is 7.74. The SMILES string of the molecule is Cc1nc(-c2cccc(Cl)c2)cs1. The number of thiazole rings is 1. The van der Waals surface area contributed by atoms with Crippen LogP contribution in [0.5, 0.6) is 0 Å². The number of nitrogens with zero attached hydrogens (tertiary/aromatic N) is 1. The molecule has 0 aliphatic rings. The maximum atomic E-state index is 5.88. The van der Waals surface area contributed by atoms with E-state index in [1.54, 1.807) is 11.3 Å². The molecule has 0 N–H and O–H groups in total. The molecule has 1 aromatic carbocycles. The highest BCUT2D eigenvalue weighted by Crippen LogP contribution is 2.23. The predicted octanol–water partition coefficient (Wildman–Crippen LogP) is 3.77. The molecule has 0 saturated carbocycles. The molecule has 13 heavy (non-hydrogen) atoms. The highest BCUT2D eigenvalue weighted by atomic mass is 35.5. The molecular weight excluding hydrogens is 202 g/mol. The van der Waals surface area contributed by atoms with Gasteiger partial charge in [-0.3, -0.25) is 0 Å². The third-order valence-corrected chi connectivity index (χ3v) is 2.75. The van der Waals surface area contributed by atoms with Crippen LogP contribution in [-0.4, -0.2) is 4.98 Å². The van der Waals surface area contributed by atoms with Crippen molar-refractivity contribution in [1.82, 2.24) is 4.98 Å². The third kappa shape index (κ3) is 1.90. The van der Waals surface area contributed by atoms with E-state index >= 15 is 0 Å². The van der Waals surface area contributed by atoms with Crippen molar-refractivity contribution < 1.29 is 0 Å². The Balaban J connectivity index is 2.46. The fourth-order valence-corrected chi connectivity index (χ4v) is 1.96. The smallest absolute Gasteiger partial charge is 0.0901 e. The molecule has 1 aromatic heterocycles. The molecule has 1 heterocycles. The van der Waals surface area contributed by atoms with Crippen LogP contribution in [0.15, 0.2) is 29.6 Å². The molecule has 1 nitrogen and oxygen atoms in total. The Morgan fingerprint density at radius 2 is 2.23 bits per heavy atom. The third-order valence-electron chi connectivity index (χ3n) is 1.74. The Bertz CT molecular complexity index is 422. The summed E-state index contributed by atoms with van der Waals surface area (Å²) in [6.45, 7) is 2.00. The van der Waals surface area contributed by atoms with Gasteiger partial charge in [-0.05, 0) is 19.1 Å². The van der Waals surface area contributed by atoms with Crippen LogP contribution in [0.25, 0.3) is 11.3 Å². The van der Waals surface area contributed by atoms with Crippen LogP contribution in [0.4, 0.5) is 0 Å². The van der Waals surface area contributed by atoms with Gasteiger partial charge in [-0.25, -0.2) is 4.98 Å². The van der Waals surface area contributed by atoms with Crippen molar-refractivity contribution in [3.8, 4) is 11.3 Å². The van der Waals surface area contributed by atoms with Crippen LogP contribution < -0.4 is 0 Å². The van der Waals surface area contributed by atoms with E-state index in [0.29, 0.717) is 0 Å². The van der Waals surface area contributed by atoms with E-state index < -0.39 is 0 Å². The van der Waals surface area contributed by atoms with Gasteiger partial charge in [-0.1, -0.05) is 23.7 Å². The van der Waals surface area contributed by atoms with Crippen LogP contribution in [0.2, 0.25) is 5.02 Å². The first kappa shape index (κ1) is 8.73. The highest BCUT2D eigenvalue weighted by Gasteiger charge is 2.01. The summed E-state index contributed by atoms with van der Waals surface area (Å²) in [7, 11) is 0. The molecule has 3 heteroatoms. The maximum Gasteiger partial charge on any atom is 0.0901 e. The van der Waals surface area contributed by atoms with Crippen molar-refractivity contribution in [3.63, 3.8) is 0 Å². The fourth-order valence-electron chi connectivity index (χ4n) is 1.14. The lowest BCUT2D eigenvalue weighted by atomic mass is 10.2. The molecule has 0 saturated heterocycles. The summed E-state index contributed by atoms with van der Waals surface area (Å²) in [5.41, 5.74) is 2.09. The first-order valence-corrected chi connectivity index (χ1v) is 5.19. The second-order valence-electron chi connectivity index (χ2n) is 2.76. The number of aryl methyl sites for hydroxylation is 1. The van der Waals surface area contributed by atoms with E-state index in [1.165, 1.54) is 0 Å². The quantitative estimate of drug-likeness (QED) is 0.697. The average Bonchev–Trinajstić information content (AvgIpc) is 2.52. The summed E-state index contributed by atoms with van der Waals surface area (Å²) < 4.78 is 0. The molecule has 0 bridgehead atoms. The summed E-state index contributed by atoms with van der Waals surface area (Å²) in [4.78, 5) is 4.38. The maximum absolute atomic E-state index is 5.88. The van der Waals surface area contributed by atoms with Crippen molar-refractivity contribution in [3.05, 3.63) is 39.7 Å². The molecule has 0 radical (unpaired) electrons. The number of aromatic nitrogens is 1. The van der Waals surface area contributed by atoms with Gasteiger partial charge < -0.3 is 0 Å². The number of hydrogen-bond acceptors (Lipinski definition) is 2. The van der Waals surface area contributed by atoms with Crippen molar-refractivity contribution >= 4 is 22.9 Å². The Morgan fingerprint density at radius 1 is 1.38 bits per heavy atom. The molecule has 0 spiro atoms. The summed E-state index contributed by atoms with van der Waals surface area (Å²) in [5, 5.41) is 3.87. The molecule has 0 aliphatic heterocycles. The average molecular weight is 210 g/mol. The van der Waals surface area contributed by atoms with Crippen LogP contribution in [0.1, 0.15) is 5.01 Å². The van der Waals surface area contributed by atoms with E-state index in [0.717, 1.165) is 21.3 Å². The zero-order valence-corrected chi connectivity index (χ0v) is 8.69. The minimum Gasteiger partial charge on any atom is -0.242 e. The molecular formula is C10H8ClNS. The Labute approximate surface area is 86.0 Å². The van der Waals surface area contributed by atoms with E-state index in [9.17, 15) is 0 Å². The first-order valence-electron chi connectivity index (χ1n) is 3.94. The lowest BCUT2D eigenvalue weighted by Crippen LogP contribution is -1.77. The van der Waals surface area contributed by atoms with Gasteiger partial charge in [0.25, 0.3) is 0 Å². The predicted molar refractivity (Wildman–Crippen MR) is 57.3 cm³/mol. The van der Waals surface area contributed by atoms with E-state index in [1.807, 2.05) is 36.6 Å². The number of hydrogen-bond donors (Lipinski definition) is 0. The topological polar surface area (TPSA) is 12.9 Å². The second-order valence-corrected chi connectivity index (χ2v) is 4.26. The van der Waals surface area contributed by atoms with Gasteiger partial charge in [0.2, 0.25) is 0 Å². The lowest BCUT2D eigenvalue weighted by Gasteiger charge is -1.95. The molecule has 66 valence electrons. The normalized spacial score (nSPS) is 10.3. The van der Waals surface area contributed by atoms with E-state index in [-0.39, 0.29) is 0 Å². The van der Waals surface area contributed by atoms with Crippen molar-refractivity contribution in [2.45, 2.75) is 6.92 Å². The minimum absolute atomic E-state index is 0.753. The van der Waals surface area contributed by atoms with Crippen LogP contribution >= 0.6 is 22.9 Å². The van der Waals surface area contributed by atoms with Gasteiger partial charge in [0, 0.05) is 16.0 Å². The first-order chi connectivity index (χ1) is 6.25. The molecule has 2 aromatic rings. The van der Waals surface area contributed by atoms with Gasteiger partial charge in [-0.2, -0.15) is 0 Å². The zero-order chi connectivity index (χ0) is 9.26.